The van der Waals surface area contributed by atoms with Gasteiger partial charge >= 0.3 is 0 Å². The minimum atomic E-state index is -0.963. The molecule has 2 aliphatic heterocycles. The highest BCUT2D eigenvalue weighted by Crippen LogP contribution is 2.36. The Morgan fingerprint density at radius 1 is 0.341 bits per heavy atom. The number of hydrogen-bond donors (Lipinski definition) is 0. The van der Waals surface area contributed by atoms with Gasteiger partial charge in [-0.15, -0.1) is 0 Å². The van der Waals surface area contributed by atoms with Crippen molar-refractivity contribution >= 4 is 60.2 Å². The Hall–Kier alpha value is -4.88. The van der Waals surface area contributed by atoms with Gasteiger partial charge in [-0.1, -0.05) is 121 Å². The van der Waals surface area contributed by atoms with Gasteiger partial charge in [0.15, 0.2) is 24.0 Å². The molecule has 4 nitrogen and oxygen atoms in total. The predicted octanol–water partition coefficient (Wildman–Crippen LogP) is 4.61. The van der Waals surface area contributed by atoms with Crippen LogP contribution in [0.5, 0.6) is 11.5 Å². The molecule has 0 aliphatic carbocycles. The molecule has 6 aromatic carbocycles. The van der Waals surface area contributed by atoms with Gasteiger partial charge in [0, 0.05) is 10.4 Å². The van der Waals surface area contributed by atoms with Crippen molar-refractivity contribution in [3.8, 4) is 11.5 Å². The fraction of sp³-hybridized carbons (Fsp3) is 0. The van der Waals surface area contributed by atoms with Gasteiger partial charge in [0.05, 0.1) is 10.4 Å². The van der Waals surface area contributed by atoms with Crippen molar-refractivity contribution in [2.45, 2.75) is 0 Å². The fourth-order valence-corrected chi connectivity index (χ4v) is 10.8. The van der Waals surface area contributed by atoms with E-state index in [-0.39, 0.29) is 0 Å². The lowest BCUT2D eigenvalue weighted by Gasteiger charge is -2.22. The lowest BCUT2D eigenvalue weighted by atomic mass is 10.1. The summed E-state index contributed by atoms with van der Waals surface area (Å²) in [7, 11) is -1.93. The van der Waals surface area contributed by atoms with Crippen molar-refractivity contribution in [3.05, 3.63) is 166 Å². The number of rotatable bonds is 6. The van der Waals surface area contributed by atoms with E-state index >= 15 is 0 Å². The highest BCUT2D eigenvalue weighted by atomic mass is 31.1. The van der Waals surface area contributed by atoms with E-state index in [0.717, 1.165) is 20.9 Å². The summed E-state index contributed by atoms with van der Waals surface area (Å²) in [5, 5.41) is 11.4. The Balaban J connectivity index is 1.58. The summed E-state index contributed by atoms with van der Waals surface area (Å²) in [6, 6.07) is 51.4. The van der Waals surface area contributed by atoms with E-state index in [1.165, 1.54) is 31.8 Å². The van der Waals surface area contributed by atoms with E-state index in [2.05, 4.69) is 133 Å². The Labute approximate surface area is 257 Å². The van der Waals surface area contributed by atoms with Gasteiger partial charge in [-0.25, -0.2) is 0 Å². The molecule has 0 N–H and O–H groups in total. The molecule has 0 spiro atoms. The minimum Gasteiger partial charge on any atom is -0.297 e. The highest BCUT2D eigenvalue weighted by molar-refractivity contribution is 7.80. The van der Waals surface area contributed by atoms with Crippen LogP contribution in [-0.4, -0.2) is 0 Å². The van der Waals surface area contributed by atoms with E-state index in [1.807, 2.05) is 12.1 Å². The Morgan fingerprint density at radius 3 is 0.977 bits per heavy atom. The van der Waals surface area contributed by atoms with Crippen molar-refractivity contribution in [3.63, 3.8) is 0 Å². The summed E-state index contributed by atoms with van der Waals surface area (Å²) in [4.78, 5) is 22.4. The Kier molecular flexibility index (Phi) is 7.08. The molecule has 0 unspecified atom stereocenters. The first-order valence-electron chi connectivity index (χ1n) is 14.3. The average molecular weight is 609 g/mol. The van der Waals surface area contributed by atoms with E-state index in [1.54, 1.807) is 12.5 Å². The van der Waals surface area contributed by atoms with Gasteiger partial charge in [-0.3, -0.25) is 19.6 Å². The molecule has 0 saturated carbocycles. The van der Waals surface area contributed by atoms with Gasteiger partial charge < -0.3 is 0 Å². The summed E-state index contributed by atoms with van der Waals surface area (Å²) >= 11 is 0. The third-order valence-electron chi connectivity index (χ3n) is 7.76. The maximum atomic E-state index is 5.68. The molecule has 0 atom stereocenters. The van der Waals surface area contributed by atoms with Crippen LogP contribution >= 0.6 is 15.8 Å². The third kappa shape index (κ3) is 4.74. The molecular weight excluding hydrogens is 582 g/mol. The summed E-state index contributed by atoms with van der Waals surface area (Å²) in [6.45, 7) is 0. The number of benzene rings is 6. The Morgan fingerprint density at radius 2 is 0.659 bits per heavy atom. The predicted molar refractivity (Wildman–Crippen MR) is 180 cm³/mol. The molecule has 6 aromatic rings. The molecule has 0 bridgehead atoms. The largest absolute Gasteiger partial charge is 0.297 e. The summed E-state index contributed by atoms with van der Waals surface area (Å²) in [5.41, 5.74) is 0. The zero-order chi connectivity index (χ0) is 29.3. The van der Waals surface area contributed by atoms with Crippen LogP contribution in [0.2, 0.25) is 0 Å². The summed E-state index contributed by atoms with van der Waals surface area (Å²) < 4.78 is 0. The fourth-order valence-electron chi connectivity index (χ4n) is 5.87. The molecule has 2 aliphatic rings. The van der Waals surface area contributed by atoms with Crippen LogP contribution in [0, 0.1) is 10.4 Å². The molecule has 44 heavy (non-hydrogen) atoms. The molecule has 0 fully saturated rings. The zero-order valence-corrected chi connectivity index (χ0v) is 25.3. The van der Waals surface area contributed by atoms with Crippen LogP contribution in [0.15, 0.2) is 146 Å². The van der Waals surface area contributed by atoms with Gasteiger partial charge in [0.2, 0.25) is 0 Å². The van der Waals surface area contributed by atoms with Gasteiger partial charge in [-0.2, -0.15) is 0 Å². The monoisotopic (exact) mass is 608 g/mol. The second-order valence-electron chi connectivity index (χ2n) is 10.4. The molecule has 2 heterocycles. The standard InChI is InChI=1S/C38H26O4P2/c1-5-13-27(14-6-1)43(28-15-7-2-8-16-28)35-23-21-33-31(25-39-41-33)37(35)38-32-26-40-42-34(32)22-24-36(38)44(29-17-9-3-10-18-29)30-19-11-4-12-20-30/h1-26H. The summed E-state index contributed by atoms with van der Waals surface area (Å²) in [5.74, 6) is 1.37. The van der Waals surface area contributed by atoms with Crippen LogP contribution in [0.3, 0.4) is 0 Å². The molecule has 0 saturated heterocycles. The van der Waals surface area contributed by atoms with Crippen LogP contribution in [0.4, 0.5) is 0 Å². The average Bonchev–Trinajstić information content (AvgIpc) is 3.77. The number of hydrogen-bond acceptors (Lipinski definition) is 4. The summed E-state index contributed by atoms with van der Waals surface area (Å²) in [6.07, 6.45) is 3.45. The van der Waals surface area contributed by atoms with E-state index < -0.39 is 15.8 Å². The molecule has 0 amide bonds. The maximum Gasteiger partial charge on any atom is 0.189 e. The molecule has 212 valence electrons. The lowest BCUT2D eigenvalue weighted by Crippen LogP contribution is -2.30. The molecule has 0 radical (unpaired) electrons. The SMILES string of the molecule is C1=c2c(ccc(P(c3ccccc3)c3ccccc3)c2=c2c(P(c3ccccc3)c3ccccc3)ccc3c2=COO3)OO1. The van der Waals surface area contributed by atoms with Gasteiger partial charge in [-0.05, 0) is 71.9 Å². The van der Waals surface area contributed by atoms with Crippen LogP contribution in [0.1, 0.15) is 0 Å². The lowest BCUT2D eigenvalue weighted by molar-refractivity contribution is -0.113. The Bertz CT molecular complexity index is 1940. The first kappa shape index (κ1) is 26.7. The normalized spacial score (nSPS) is 13.5. The highest BCUT2D eigenvalue weighted by Gasteiger charge is 2.26. The third-order valence-corrected chi connectivity index (χ3v) is 12.7. The van der Waals surface area contributed by atoms with Gasteiger partial charge in [0.25, 0.3) is 0 Å². The molecule has 8 rings (SSSR count). The van der Waals surface area contributed by atoms with E-state index in [4.69, 9.17) is 19.6 Å². The van der Waals surface area contributed by atoms with Crippen molar-refractivity contribution < 1.29 is 19.6 Å². The molecule has 6 heteroatoms. The van der Waals surface area contributed by atoms with Crippen molar-refractivity contribution in [1.82, 2.24) is 0 Å². The van der Waals surface area contributed by atoms with E-state index in [9.17, 15) is 0 Å². The minimum absolute atomic E-state index is 0.687. The maximum absolute atomic E-state index is 5.68. The molecule has 0 aromatic heterocycles. The number of fused-ring (bicyclic) bond motifs is 2. The van der Waals surface area contributed by atoms with Crippen LogP contribution in [0.25, 0.3) is 12.5 Å². The van der Waals surface area contributed by atoms with Gasteiger partial charge in [0.1, 0.15) is 0 Å². The quantitative estimate of drug-likeness (QED) is 0.205. The van der Waals surface area contributed by atoms with Crippen LogP contribution < -0.4 is 52.0 Å². The second-order valence-corrected chi connectivity index (χ2v) is 14.7. The first-order chi connectivity index (χ1) is 21.9. The smallest absolute Gasteiger partial charge is 0.189 e. The van der Waals surface area contributed by atoms with Crippen molar-refractivity contribution in [2.75, 3.05) is 0 Å². The zero-order valence-electron chi connectivity index (χ0n) is 23.5. The van der Waals surface area contributed by atoms with Crippen LogP contribution in [-0.2, 0) is 9.78 Å². The molecular formula is C38H26O4P2. The first-order valence-corrected chi connectivity index (χ1v) is 17.0. The van der Waals surface area contributed by atoms with E-state index in [0.29, 0.717) is 11.5 Å². The van der Waals surface area contributed by atoms with Crippen molar-refractivity contribution in [2.24, 2.45) is 0 Å². The topological polar surface area (TPSA) is 36.9 Å². The van der Waals surface area contributed by atoms with Crippen molar-refractivity contribution in [1.29, 1.82) is 0 Å². The second kappa shape index (κ2) is 11.7.